The average Bonchev–Trinajstić information content (AvgIpc) is 2.97. The molecule has 2 atom stereocenters. The van der Waals surface area contributed by atoms with E-state index < -0.39 is 5.91 Å². The lowest BCUT2D eigenvalue weighted by Gasteiger charge is -2.16. The number of hydrogen-bond donors (Lipinski definition) is 2. The molecule has 5 heteroatoms. The molecule has 0 radical (unpaired) electrons. The molecule has 118 valence electrons. The number of benzene rings is 2. The zero-order chi connectivity index (χ0) is 16.4. The van der Waals surface area contributed by atoms with Gasteiger partial charge in [0.05, 0.1) is 0 Å². The van der Waals surface area contributed by atoms with Gasteiger partial charge >= 0.3 is 0 Å². The van der Waals surface area contributed by atoms with Crippen LogP contribution in [0.1, 0.15) is 32.2 Å². The number of rotatable bonds is 3. The number of nitrogens with two attached hydrogens (primary N) is 2. The molecule has 0 aromatic heterocycles. The van der Waals surface area contributed by atoms with Gasteiger partial charge in [-0.3, -0.25) is 9.59 Å². The fourth-order valence-electron chi connectivity index (χ4n) is 3.01. The van der Waals surface area contributed by atoms with Crippen molar-refractivity contribution in [3.63, 3.8) is 0 Å². The van der Waals surface area contributed by atoms with Gasteiger partial charge in [-0.25, -0.2) is 0 Å². The van der Waals surface area contributed by atoms with E-state index in [1.165, 1.54) is 0 Å². The van der Waals surface area contributed by atoms with Crippen LogP contribution in [0.25, 0.3) is 0 Å². The van der Waals surface area contributed by atoms with Crippen LogP contribution >= 0.6 is 0 Å². The van der Waals surface area contributed by atoms with E-state index in [1.54, 1.807) is 29.2 Å². The van der Waals surface area contributed by atoms with Crippen LogP contribution in [0.5, 0.6) is 0 Å². The highest BCUT2D eigenvalue weighted by Gasteiger charge is 2.34. The van der Waals surface area contributed by atoms with Crippen molar-refractivity contribution in [3.05, 3.63) is 71.3 Å². The molecule has 4 N–H and O–H groups in total. The molecule has 0 unspecified atom stereocenters. The van der Waals surface area contributed by atoms with Gasteiger partial charge in [0.2, 0.25) is 5.91 Å². The fraction of sp³-hybridized carbons (Fsp3) is 0.222. The minimum absolute atomic E-state index is 0.0742. The Balaban J connectivity index is 1.75. The van der Waals surface area contributed by atoms with Crippen LogP contribution in [0.2, 0.25) is 0 Å². The third kappa shape index (κ3) is 3.10. The van der Waals surface area contributed by atoms with Crippen molar-refractivity contribution in [3.8, 4) is 0 Å². The van der Waals surface area contributed by atoms with Gasteiger partial charge < -0.3 is 16.4 Å². The van der Waals surface area contributed by atoms with E-state index in [4.69, 9.17) is 11.5 Å². The van der Waals surface area contributed by atoms with Crippen LogP contribution in [0.4, 0.5) is 0 Å². The summed E-state index contributed by atoms with van der Waals surface area (Å²) < 4.78 is 0. The Morgan fingerprint density at radius 1 is 0.913 bits per heavy atom. The first-order chi connectivity index (χ1) is 11.1. The smallest absolute Gasteiger partial charge is 0.253 e. The van der Waals surface area contributed by atoms with Gasteiger partial charge in [-0.05, 0) is 29.8 Å². The van der Waals surface area contributed by atoms with Gasteiger partial charge in [-0.15, -0.1) is 0 Å². The summed E-state index contributed by atoms with van der Waals surface area (Å²) in [6.07, 6.45) is 0. The normalized spacial score (nSPS) is 20.5. The van der Waals surface area contributed by atoms with Gasteiger partial charge in [0.25, 0.3) is 5.91 Å². The molecule has 1 fully saturated rings. The van der Waals surface area contributed by atoms with E-state index in [2.05, 4.69) is 0 Å². The Hall–Kier alpha value is -2.66. The number of carbonyl (C=O) groups is 2. The van der Waals surface area contributed by atoms with Crippen LogP contribution in [-0.2, 0) is 0 Å². The number of nitrogens with zero attached hydrogens (tertiary/aromatic N) is 1. The topological polar surface area (TPSA) is 89.4 Å². The Bertz CT molecular complexity index is 713. The third-order valence-electron chi connectivity index (χ3n) is 4.30. The SMILES string of the molecule is NC(=O)c1ccc(C(=O)N2C[C@@H](N)[C@H](c3ccccc3)C2)cc1. The summed E-state index contributed by atoms with van der Waals surface area (Å²) in [4.78, 5) is 25.5. The zero-order valence-electron chi connectivity index (χ0n) is 12.7. The summed E-state index contributed by atoms with van der Waals surface area (Å²) in [5.41, 5.74) is 13.5. The molecule has 0 spiro atoms. The first kappa shape index (κ1) is 15.2. The second-order valence-electron chi connectivity index (χ2n) is 5.83. The van der Waals surface area contributed by atoms with Crippen molar-refractivity contribution in [2.24, 2.45) is 11.5 Å². The maximum absolute atomic E-state index is 12.6. The van der Waals surface area contributed by atoms with Gasteiger partial charge in [0, 0.05) is 36.2 Å². The van der Waals surface area contributed by atoms with E-state index in [0.29, 0.717) is 24.2 Å². The Morgan fingerprint density at radius 3 is 2.13 bits per heavy atom. The highest BCUT2D eigenvalue weighted by atomic mass is 16.2. The van der Waals surface area contributed by atoms with Crippen LogP contribution in [-0.4, -0.2) is 35.8 Å². The monoisotopic (exact) mass is 309 g/mol. The number of carbonyl (C=O) groups excluding carboxylic acids is 2. The highest BCUT2D eigenvalue weighted by molar-refractivity contribution is 5.97. The van der Waals surface area contributed by atoms with E-state index >= 15 is 0 Å². The quantitative estimate of drug-likeness (QED) is 0.897. The largest absolute Gasteiger partial charge is 0.366 e. The van der Waals surface area contributed by atoms with Gasteiger partial charge in [-0.2, -0.15) is 0 Å². The van der Waals surface area contributed by atoms with Crippen molar-refractivity contribution >= 4 is 11.8 Å². The summed E-state index contributed by atoms with van der Waals surface area (Å²) >= 11 is 0. The molecule has 0 saturated carbocycles. The maximum atomic E-state index is 12.6. The lowest BCUT2D eigenvalue weighted by Crippen LogP contribution is -2.32. The molecule has 1 saturated heterocycles. The molecule has 1 aliphatic heterocycles. The summed E-state index contributed by atoms with van der Waals surface area (Å²) in [5.74, 6) is -0.434. The molecule has 2 aromatic rings. The second-order valence-corrected chi connectivity index (χ2v) is 5.83. The van der Waals surface area contributed by atoms with Crippen LogP contribution in [0.15, 0.2) is 54.6 Å². The van der Waals surface area contributed by atoms with Gasteiger partial charge in [-0.1, -0.05) is 30.3 Å². The minimum atomic E-state index is -0.503. The van der Waals surface area contributed by atoms with Gasteiger partial charge in [0.1, 0.15) is 0 Å². The summed E-state index contributed by atoms with van der Waals surface area (Å²) in [6, 6.07) is 16.3. The van der Waals surface area contributed by atoms with Gasteiger partial charge in [0.15, 0.2) is 0 Å². The Morgan fingerprint density at radius 2 is 1.52 bits per heavy atom. The van der Waals surface area contributed by atoms with E-state index in [0.717, 1.165) is 5.56 Å². The minimum Gasteiger partial charge on any atom is -0.366 e. The van der Waals surface area contributed by atoms with Crippen LogP contribution < -0.4 is 11.5 Å². The molecule has 2 aromatic carbocycles. The molecule has 1 heterocycles. The third-order valence-corrected chi connectivity index (χ3v) is 4.30. The molecule has 3 rings (SSSR count). The predicted octanol–water partition coefficient (Wildman–Crippen LogP) is 1.35. The van der Waals surface area contributed by atoms with Crippen LogP contribution in [0.3, 0.4) is 0 Å². The highest BCUT2D eigenvalue weighted by Crippen LogP contribution is 2.27. The lowest BCUT2D eigenvalue weighted by molar-refractivity contribution is 0.0788. The number of likely N-dealkylation sites (tertiary alicyclic amines) is 1. The fourth-order valence-corrected chi connectivity index (χ4v) is 3.01. The number of hydrogen-bond acceptors (Lipinski definition) is 3. The van der Waals surface area contributed by atoms with Crippen molar-refractivity contribution in [2.75, 3.05) is 13.1 Å². The molecule has 2 amide bonds. The van der Waals surface area contributed by atoms with Crippen LogP contribution in [0, 0.1) is 0 Å². The molecule has 5 nitrogen and oxygen atoms in total. The molecule has 23 heavy (non-hydrogen) atoms. The summed E-state index contributed by atoms with van der Waals surface area (Å²) in [7, 11) is 0. The molecule has 0 aliphatic carbocycles. The average molecular weight is 309 g/mol. The zero-order valence-corrected chi connectivity index (χ0v) is 12.7. The summed E-state index contributed by atoms with van der Waals surface area (Å²) in [6.45, 7) is 1.12. The number of amides is 2. The molecular formula is C18H19N3O2. The molecule has 0 bridgehead atoms. The summed E-state index contributed by atoms with van der Waals surface area (Å²) in [5, 5.41) is 0. The standard InChI is InChI=1S/C18H19N3O2/c19-16-11-21(10-15(16)12-4-2-1-3-5-12)18(23)14-8-6-13(7-9-14)17(20)22/h1-9,15-16H,10-11,19H2,(H2,20,22)/t15-,16+/m0/s1. The molecule has 1 aliphatic rings. The molecular weight excluding hydrogens is 290 g/mol. The van der Waals surface area contributed by atoms with Crippen molar-refractivity contribution in [2.45, 2.75) is 12.0 Å². The lowest BCUT2D eigenvalue weighted by atomic mass is 9.95. The van der Waals surface area contributed by atoms with Crippen molar-refractivity contribution < 1.29 is 9.59 Å². The van der Waals surface area contributed by atoms with E-state index in [-0.39, 0.29) is 17.9 Å². The Labute approximate surface area is 134 Å². The predicted molar refractivity (Wildman–Crippen MR) is 88.0 cm³/mol. The van der Waals surface area contributed by atoms with Crippen molar-refractivity contribution in [1.82, 2.24) is 4.90 Å². The second kappa shape index (κ2) is 6.22. The Kier molecular flexibility index (Phi) is 4.12. The first-order valence-electron chi connectivity index (χ1n) is 7.56. The van der Waals surface area contributed by atoms with Crippen molar-refractivity contribution in [1.29, 1.82) is 0 Å². The first-order valence-corrected chi connectivity index (χ1v) is 7.56. The van der Waals surface area contributed by atoms with E-state index in [9.17, 15) is 9.59 Å². The number of primary amides is 1. The van der Waals surface area contributed by atoms with E-state index in [1.807, 2.05) is 30.3 Å². The maximum Gasteiger partial charge on any atom is 0.253 e.